The van der Waals surface area contributed by atoms with E-state index < -0.39 is 0 Å². The van der Waals surface area contributed by atoms with Gasteiger partial charge in [-0.25, -0.2) is 0 Å². The van der Waals surface area contributed by atoms with Crippen molar-refractivity contribution in [3.05, 3.63) is 41.3 Å². The number of ether oxygens (including phenoxy) is 1. The number of nitrogens with zero attached hydrogens (tertiary/aromatic N) is 1. The summed E-state index contributed by atoms with van der Waals surface area (Å²) < 4.78 is 10.5. The first-order valence-electron chi connectivity index (χ1n) is 6.84. The maximum atomic E-state index is 11.3. The monoisotopic (exact) mass is 287 g/mol. The van der Waals surface area contributed by atoms with Crippen LogP contribution in [0.4, 0.5) is 5.69 Å². The number of hydrogen-bond acceptors (Lipinski definition) is 5. The maximum Gasteiger partial charge on any atom is 0.262 e. The third kappa shape index (κ3) is 3.05. The third-order valence-electron chi connectivity index (χ3n) is 3.40. The van der Waals surface area contributed by atoms with E-state index in [9.17, 15) is 4.79 Å². The Morgan fingerprint density at radius 2 is 2.29 bits per heavy atom. The van der Waals surface area contributed by atoms with Gasteiger partial charge in [0.2, 0.25) is 0 Å². The highest BCUT2D eigenvalue weighted by atomic mass is 16.5. The summed E-state index contributed by atoms with van der Waals surface area (Å²) in [4.78, 5) is 11.3. The van der Waals surface area contributed by atoms with E-state index in [4.69, 9.17) is 9.26 Å². The lowest BCUT2D eigenvalue weighted by Gasteiger charge is -2.20. The summed E-state index contributed by atoms with van der Waals surface area (Å²) in [7, 11) is 0. The molecule has 6 heteroatoms. The molecule has 110 valence electrons. The fraction of sp³-hybridized carbons (Fsp3) is 0.333. The average molecular weight is 287 g/mol. The molecule has 3 rings (SSSR count). The molecule has 6 nitrogen and oxygen atoms in total. The van der Waals surface area contributed by atoms with Gasteiger partial charge in [-0.05, 0) is 31.5 Å². The quantitative estimate of drug-likeness (QED) is 0.901. The van der Waals surface area contributed by atoms with Crippen LogP contribution in [-0.4, -0.2) is 17.7 Å². The highest BCUT2D eigenvalue weighted by molar-refractivity contribution is 5.95. The molecule has 0 aliphatic carbocycles. The minimum absolute atomic E-state index is 0.0744. The van der Waals surface area contributed by atoms with Crippen LogP contribution in [0.5, 0.6) is 5.75 Å². The van der Waals surface area contributed by atoms with Crippen LogP contribution in [0.2, 0.25) is 0 Å². The molecule has 0 saturated carbocycles. The summed E-state index contributed by atoms with van der Waals surface area (Å²) in [5, 5.41) is 10.0. The summed E-state index contributed by atoms with van der Waals surface area (Å²) in [5.41, 5.74) is 2.65. The largest absolute Gasteiger partial charge is 0.482 e. The number of hydrogen-bond donors (Lipinski definition) is 2. The minimum atomic E-state index is -0.127. The van der Waals surface area contributed by atoms with E-state index in [1.807, 2.05) is 31.2 Å². The number of fused-ring (bicyclic) bond motifs is 1. The number of amides is 1. The standard InChI is InChI=1S/C15H17N3O3/c1-9-5-12(21-18-9)7-16-10(2)11-3-4-14-13(6-11)17-15(19)8-20-14/h3-6,10,16H,7-8H2,1-2H3,(H,17,19). The Morgan fingerprint density at radius 1 is 1.43 bits per heavy atom. The van der Waals surface area contributed by atoms with Crippen LogP contribution in [0.15, 0.2) is 28.8 Å². The first kappa shape index (κ1) is 13.6. The van der Waals surface area contributed by atoms with Gasteiger partial charge >= 0.3 is 0 Å². The maximum absolute atomic E-state index is 11.3. The first-order chi connectivity index (χ1) is 10.1. The van der Waals surface area contributed by atoms with E-state index in [-0.39, 0.29) is 18.6 Å². The number of benzene rings is 1. The number of nitrogens with one attached hydrogen (secondary N) is 2. The molecule has 1 aliphatic heterocycles. The summed E-state index contributed by atoms with van der Waals surface area (Å²) in [6.45, 7) is 4.62. The Labute approximate surface area is 122 Å². The second-order valence-electron chi connectivity index (χ2n) is 5.13. The van der Waals surface area contributed by atoms with Crippen molar-refractivity contribution in [2.75, 3.05) is 11.9 Å². The molecule has 0 radical (unpaired) electrons. The Morgan fingerprint density at radius 3 is 3.05 bits per heavy atom. The number of aromatic nitrogens is 1. The number of carbonyl (C=O) groups is 1. The van der Waals surface area contributed by atoms with E-state index in [1.165, 1.54) is 0 Å². The second kappa shape index (κ2) is 5.57. The van der Waals surface area contributed by atoms with Crippen LogP contribution >= 0.6 is 0 Å². The van der Waals surface area contributed by atoms with Crippen molar-refractivity contribution < 1.29 is 14.1 Å². The van der Waals surface area contributed by atoms with Gasteiger partial charge in [-0.2, -0.15) is 0 Å². The molecular weight excluding hydrogens is 270 g/mol. The van der Waals surface area contributed by atoms with Crippen molar-refractivity contribution >= 4 is 11.6 Å². The SMILES string of the molecule is Cc1cc(CNC(C)c2ccc3c(c2)NC(=O)CO3)on1. The van der Waals surface area contributed by atoms with Crippen LogP contribution in [0.3, 0.4) is 0 Å². The molecule has 1 aliphatic rings. The topological polar surface area (TPSA) is 76.4 Å². The lowest BCUT2D eigenvalue weighted by atomic mass is 10.1. The van der Waals surface area contributed by atoms with Crippen molar-refractivity contribution in [2.45, 2.75) is 26.4 Å². The van der Waals surface area contributed by atoms with Gasteiger partial charge in [0, 0.05) is 12.1 Å². The van der Waals surface area contributed by atoms with Gasteiger partial charge < -0.3 is 19.9 Å². The number of aryl methyl sites for hydroxylation is 1. The van der Waals surface area contributed by atoms with Crippen LogP contribution in [0.25, 0.3) is 0 Å². The molecule has 0 spiro atoms. The summed E-state index contributed by atoms with van der Waals surface area (Å²) >= 11 is 0. The van der Waals surface area contributed by atoms with Gasteiger partial charge in [0.15, 0.2) is 12.4 Å². The van der Waals surface area contributed by atoms with E-state index >= 15 is 0 Å². The lowest BCUT2D eigenvalue weighted by Crippen LogP contribution is -2.26. The Bertz CT molecular complexity index is 666. The molecule has 2 aromatic rings. The van der Waals surface area contributed by atoms with Gasteiger partial charge in [0.05, 0.1) is 17.9 Å². The minimum Gasteiger partial charge on any atom is -0.482 e. The zero-order chi connectivity index (χ0) is 14.8. The van der Waals surface area contributed by atoms with Gasteiger partial charge in [0.25, 0.3) is 5.91 Å². The highest BCUT2D eigenvalue weighted by Gasteiger charge is 2.17. The molecule has 2 heterocycles. The molecule has 1 atom stereocenters. The van der Waals surface area contributed by atoms with Crippen molar-refractivity contribution in [2.24, 2.45) is 0 Å². The number of anilines is 1. The Kier molecular flexibility index (Phi) is 3.62. The summed E-state index contributed by atoms with van der Waals surface area (Å²) in [5.74, 6) is 1.38. The highest BCUT2D eigenvalue weighted by Crippen LogP contribution is 2.30. The zero-order valence-corrected chi connectivity index (χ0v) is 12.0. The summed E-state index contributed by atoms with van der Waals surface area (Å²) in [6.07, 6.45) is 0. The second-order valence-corrected chi connectivity index (χ2v) is 5.13. The molecule has 21 heavy (non-hydrogen) atoms. The third-order valence-corrected chi connectivity index (χ3v) is 3.40. The van der Waals surface area contributed by atoms with E-state index in [0.717, 1.165) is 17.0 Å². The molecule has 2 N–H and O–H groups in total. The molecule has 0 bridgehead atoms. The molecular formula is C15H17N3O3. The molecule has 1 aromatic carbocycles. The van der Waals surface area contributed by atoms with Crippen LogP contribution in [0.1, 0.15) is 30.0 Å². The first-order valence-corrected chi connectivity index (χ1v) is 6.84. The van der Waals surface area contributed by atoms with Crippen molar-refractivity contribution in [3.63, 3.8) is 0 Å². The van der Waals surface area contributed by atoms with E-state index in [1.54, 1.807) is 0 Å². The predicted octanol–water partition coefficient (Wildman–Crippen LogP) is 2.16. The van der Waals surface area contributed by atoms with Crippen LogP contribution in [0, 0.1) is 6.92 Å². The molecule has 0 saturated heterocycles. The lowest BCUT2D eigenvalue weighted by molar-refractivity contribution is -0.118. The number of carbonyl (C=O) groups excluding carboxylic acids is 1. The van der Waals surface area contributed by atoms with Crippen LogP contribution < -0.4 is 15.4 Å². The Hall–Kier alpha value is -2.34. The fourth-order valence-corrected chi connectivity index (χ4v) is 2.24. The summed E-state index contributed by atoms with van der Waals surface area (Å²) in [6, 6.07) is 7.80. The number of rotatable bonds is 4. The van der Waals surface area contributed by atoms with Crippen molar-refractivity contribution in [1.29, 1.82) is 0 Å². The van der Waals surface area contributed by atoms with Crippen LogP contribution in [-0.2, 0) is 11.3 Å². The smallest absolute Gasteiger partial charge is 0.262 e. The molecule has 0 fully saturated rings. The van der Waals surface area contributed by atoms with Gasteiger partial charge in [-0.1, -0.05) is 11.2 Å². The van der Waals surface area contributed by atoms with Crippen molar-refractivity contribution in [1.82, 2.24) is 10.5 Å². The molecule has 1 aromatic heterocycles. The Balaban J connectivity index is 1.68. The van der Waals surface area contributed by atoms with Gasteiger partial charge in [-0.15, -0.1) is 0 Å². The zero-order valence-electron chi connectivity index (χ0n) is 12.0. The van der Waals surface area contributed by atoms with E-state index in [2.05, 4.69) is 22.7 Å². The molecule has 1 unspecified atom stereocenters. The normalized spacial score (nSPS) is 15.0. The average Bonchev–Trinajstić information content (AvgIpc) is 2.89. The van der Waals surface area contributed by atoms with Crippen molar-refractivity contribution in [3.8, 4) is 5.75 Å². The van der Waals surface area contributed by atoms with E-state index in [0.29, 0.717) is 18.0 Å². The van der Waals surface area contributed by atoms with Gasteiger partial charge in [-0.3, -0.25) is 4.79 Å². The predicted molar refractivity (Wildman–Crippen MR) is 77.1 cm³/mol. The molecule has 1 amide bonds. The van der Waals surface area contributed by atoms with Gasteiger partial charge in [0.1, 0.15) is 5.75 Å². The fourth-order valence-electron chi connectivity index (χ4n) is 2.24.